The Morgan fingerprint density at radius 1 is 1.19 bits per heavy atom. The molecule has 1 saturated heterocycles. The Hall–Kier alpha value is -1.88. The van der Waals surface area contributed by atoms with Gasteiger partial charge in [0.15, 0.2) is 0 Å². The third-order valence-electron chi connectivity index (χ3n) is 4.63. The molecule has 3 rings (SSSR count). The molecule has 2 atom stereocenters. The van der Waals surface area contributed by atoms with Gasteiger partial charge in [-0.05, 0) is 37.5 Å². The molecule has 1 heterocycles. The van der Waals surface area contributed by atoms with Crippen molar-refractivity contribution in [1.82, 2.24) is 4.90 Å². The molecular weight excluding hydrogens is 326 g/mol. The number of nitrogens with zero attached hydrogens (tertiary/aromatic N) is 1. The van der Waals surface area contributed by atoms with Gasteiger partial charge in [0, 0.05) is 26.2 Å². The minimum absolute atomic E-state index is 0.266. The molecule has 1 N–H and O–H groups in total. The largest absolute Gasteiger partial charge is 0.491 e. The van der Waals surface area contributed by atoms with Crippen LogP contribution in [-0.2, 0) is 11.3 Å². The van der Waals surface area contributed by atoms with E-state index in [1.807, 2.05) is 30.3 Å². The average Bonchev–Trinajstić information content (AvgIpc) is 3.14. The first-order valence-electron chi connectivity index (χ1n) is 9.44. The molecule has 2 aromatic rings. The van der Waals surface area contributed by atoms with Crippen molar-refractivity contribution in [1.29, 1.82) is 0 Å². The zero-order valence-corrected chi connectivity index (χ0v) is 15.5. The fourth-order valence-corrected chi connectivity index (χ4v) is 3.41. The smallest absolute Gasteiger partial charge is 0.119 e. The van der Waals surface area contributed by atoms with E-state index < -0.39 is 6.10 Å². The summed E-state index contributed by atoms with van der Waals surface area (Å²) < 4.78 is 11.5. The topological polar surface area (TPSA) is 41.9 Å². The number of para-hydroxylation sites is 1. The monoisotopic (exact) mass is 355 g/mol. The molecule has 0 spiro atoms. The van der Waals surface area contributed by atoms with E-state index in [4.69, 9.17) is 9.47 Å². The summed E-state index contributed by atoms with van der Waals surface area (Å²) in [7, 11) is 0. The first-order chi connectivity index (χ1) is 12.7. The summed E-state index contributed by atoms with van der Waals surface area (Å²) in [6.45, 7) is 5.47. The summed E-state index contributed by atoms with van der Waals surface area (Å²) in [4.78, 5) is 2.28. The number of benzene rings is 2. The van der Waals surface area contributed by atoms with Crippen molar-refractivity contribution in [2.24, 2.45) is 0 Å². The van der Waals surface area contributed by atoms with Gasteiger partial charge in [-0.15, -0.1) is 0 Å². The van der Waals surface area contributed by atoms with Crippen LogP contribution in [0.1, 0.15) is 24.0 Å². The van der Waals surface area contributed by atoms with Gasteiger partial charge < -0.3 is 14.6 Å². The lowest BCUT2D eigenvalue weighted by Gasteiger charge is -2.27. The van der Waals surface area contributed by atoms with Crippen LogP contribution < -0.4 is 4.74 Å². The van der Waals surface area contributed by atoms with Crippen molar-refractivity contribution in [3.63, 3.8) is 0 Å². The van der Waals surface area contributed by atoms with E-state index in [0.29, 0.717) is 13.2 Å². The molecule has 0 aliphatic carbocycles. The van der Waals surface area contributed by atoms with Crippen LogP contribution in [-0.4, -0.2) is 48.5 Å². The molecule has 0 radical (unpaired) electrons. The summed E-state index contributed by atoms with van der Waals surface area (Å²) in [6.07, 6.45) is 1.95. The Balaban J connectivity index is 1.56. The predicted molar refractivity (Wildman–Crippen MR) is 103 cm³/mol. The highest BCUT2D eigenvalue weighted by Crippen LogP contribution is 2.16. The molecule has 0 bridgehead atoms. The van der Waals surface area contributed by atoms with Crippen LogP contribution >= 0.6 is 0 Å². The van der Waals surface area contributed by atoms with E-state index >= 15 is 0 Å². The van der Waals surface area contributed by atoms with Crippen molar-refractivity contribution in [2.75, 3.05) is 26.3 Å². The first kappa shape index (κ1) is 18.9. The number of aliphatic hydroxyl groups excluding tert-OH is 1. The highest BCUT2D eigenvalue weighted by molar-refractivity contribution is 5.22. The summed E-state index contributed by atoms with van der Waals surface area (Å²) in [6, 6.07) is 18.2. The zero-order valence-electron chi connectivity index (χ0n) is 15.5. The van der Waals surface area contributed by atoms with Crippen LogP contribution in [0.25, 0.3) is 0 Å². The standard InChI is InChI=1S/C22H29NO3/c1-18-7-5-8-19(13-18)14-23(16-22-11-6-12-25-22)15-20(24)17-26-21-9-3-2-4-10-21/h2-5,7-10,13,20,22,24H,6,11-12,14-17H2,1H3. The van der Waals surface area contributed by atoms with Crippen LogP contribution in [0.2, 0.25) is 0 Å². The van der Waals surface area contributed by atoms with Gasteiger partial charge in [-0.1, -0.05) is 48.0 Å². The predicted octanol–water partition coefficient (Wildman–Crippen LogP) is 3.42. The Kier molecular flexibility index (Phi) is 7.06. The average molecular weight is 355 g/mol. The third-order valence-corrected chi connectivity index (χ3v) is 4.63. The van der Waals surface area contributed by atoms with Crippen LogP contribution in [0.5, 0.6) is 5.75 Å². The van der Waals surface area contributed by atoms with Gasteiger partial charge >= 0.3 is 0 Å². The molecule has 1 fully saturated rings. The minimum atomic E-state index is -0.540. The second-order valence-corrected chi connectivity index (χ2v) is 7.10. The molecule has 0 amide bonds. The lowest BCUT2D eigenvalue weighted by molar-refractivity contribution is 0.0313. The normalized spacial score (nSPS) is 18.2. The number of ether oxygens (including phenoxy) is 2. The first-order valence-corrected chi connectivity index (χ1v) is 9.44. The molecule has 4 nitrogen and oxygen atoms in total. The summed E-state index contributed by atoms with van der Waals surface area (Å²) >= 11 is 0. The maximum absolute atomic E-state index is 10.5. The van der Waals surface area contributed by atoms with Gasteiger partial charge in [-0.2, -0.15) is 0 Å². The van der Waals surface area contributed by atoms with Crippen molar-refractivity contribution >= 4 is 0 Å². The van der Waals surface area contributed by atoms with Crippen molar-refractivity contribution < 1.29 is 14.6 Å². The Bertz CT molecular complexity index is 655. The summed E-state index contributed by atoms with van der Waals surface area (Å²) in [5.41, 5.74) is 2.52. The van der Waals surface area contributed by atoms with E-state index in [9.17, 15) is 5.11 Å². The maximum atomic E-state index is 10.5. The van der Waals surface area contributed by atoms with Crippen LogP contribution in [0.4, 0.5) is 0 Å². The Morgan fingerprint density at radius 2 is 2.04 bits per heavy atom. The molecule has 2 aromatic carbocycles. The molecule has 1 aliphatic heterocycles. The van der Waals surface area contributed by atoms with Crippen LogP contribution in [0, 0.1) is 6.92 Å². The van der Waals surface area contributed by atoms with E-state index in [-0.39, 0.29) is 6.10 Å². The molecule has 26 heavy (non-hydrogen) atoms. The van der Waals surface area contributed by atoms with Gasteiger partial charge in [0.05, 0.1) is 6.10 Å². The number of aliphatic hydroxyl groups is 1. The van der Waals surface area contributed by atoms with Gasteiger partial charge in [0.2, 0.25) is 0 Å². The fourth-order valence-electron chi connectivity index (χ4n) is 3.41. The fraction of sp³-hybridized carbons (Fsp3) is 0.455. The molecule has 2 unspecified atom stereocenters. The van der Waals surface area contributed by atoms with Crippen molar-refractivity contribution in [3.05, 3.63) is 65.7 Å². The highest BCUT2D eigenvalue weighted by Gasteiger charge is 2.21. The van der Waals surface area contributed by atoms with Gasteiger partial charge in [-0.3, -0.25) is 4.90 Å². The Morgan fingerprint density at radius 3 is 2.77 bits per heavy atom. The highest BCUT2D eigenvalue weighted by atomic mass is 16.5. The van der Waals surface area contributed by atoms with Gasteiger partial charge in [-0.25, -0.2) is 0 Å². The van der Waals surface area contributed by atoms with Crippen LogP contribution in [0.15, 0.2) is 54.6 Å². The number of hydrogen-bond acceptors (Lipinski definition) is 4. The quantitative estimate of drug-likeness (QED) is 0.748. The summed E-state index contributed by atoms with van der Waals surface area (Å²) in [5.74, 6) is 0.788. The lowest BCUT2D eigenvalue weighted by Crippen LogP contribution is -2.39. The number of rotatable bonds is 9. The SMILES string of the molecule is Cc1cccc(CN(CC(O)COc2ccccc2)CC2CCCO2)c1. The van der Waals surface area contributed by atoms with Crippen molar-refractivity contribution in [3.8, 4) is 5.75 Å². The van der Waals surface area contributed by atoms with Crippen LogP contribution in [0.3, 0.4) is 0 Å². The zero-order chi connectivity index (χ0) is 18.2. The molecule has 1 aliphatic rings. The Labute approximate surface area is 156 Å². The second-order valence-electron chi connectivity index (χ2n) is 7.10. The van der Waals surface area contributed by atoms with E-state index in [0.717, 1.165) is 38.3 Å². The minimum Gasteiger partial charge on any atom is -0.491 e. The maximum Gasteiger partial charge on any atom is 0.119 e. The van der Waals surface area contributed by atoms with Crippen molar-refractivity contribution in [2.45, 2.75) is 38.5 Å². The van der Waals surface area contributed by atoms with E-state index in [1.54, 1.807) is 0 Å². The summed E-state index contributed by atoms with van der Waals surface area (Å²) in [5, 5.41) is 10.5. The second kappa shape index (κ2) is 9.72. The number of hydrogen-bond donors (Lipinski definition) is 1. The molecular formula is C22H29NO3. The molecule has 0 aromatic heterocycles. The number of aryl methyl sites for hydroxylation is 1. The third kappa shape index (κ3) is 6.13. The lowest BCUT2D eigenvalue weighted by atomic mass is 10.1. The van der Waals surface area contributed by atoms with E-state index in [2.05, 4.69) is 36.1 Å². The van der Waals surface area contributed by atoms with Gasteiger partial charge in [0.25, 0.3) is 0 Å². The molecule has 140 valence electrons. The van der Waals surface area contributed by atoms with Gasteiger partial charge in [0.1, 0.15) is 18.5 Å². The molecule has 0 saturated carbocycles. The molecule has 4 heteroatoms. The van der Waals surface area contributed by atoms with E-state index in [1.165, 1.54) is 11.1 Å².